The normalized spacial score (nSPS) is 16.8. The van der Waals surface area contributed by atoms with Crippen molar-refractivity contribution in [3.63, 3.8) is 0 Å². The van der Waals surface area contributed by atoms with E-state index in [0.29, 0.717) is 18.0 Å². The van der Waals surface area contributed by atoms with E-state index < -0.39 is 0 Å². The van der Waals surface area contributed by atoms with Crippen molar-refractivity contribution in [3.8, 4) is 16.2 Å². The molecule has 0 radical (unpaired) electrons. The van der Waals surface area contributed by atoms with Crippen LogP contribution in [0.5, 0.6) is 5.75 Å². The summed E-state index contributed by atoms with van der Waals surface area (Å²) >= 11 is 7.91. The number of benzene rings is 1. The minimum absolute atomic E-state index is 0.0201. The van der Waals surface area contributed by atoms with Gasteiger partial charge in [-0.25, -0.2) is 0 Å². The van der Waals surface area contributed by atoms with Gasteiger partial charge in [-0.1, -0.05) is 11.6 Å². The summed E-state index contributed by atoms with van der Waals surface area (Å²) in [4.78, 5) is 12.7. The standard InChI is InChI=1S/C15H14ClNO2S/c16-13-7-9(14-2-1-12(20-14)3-4-18)5-10-6-11(8-17)19-15(10)13/h1-2,4-5,7,11H,3,6,8,17H2. The van der Waals surface area contributed by atoms with Gasteiger partial charge in [-0.3, -0.25) is 0 Å². The molecule has 20 heavy (non-hydrogen) atoms. The Morgan fingerprint density at radius 1 is 1.45 bits per heavy atom. The molecule has 2 N–H and O–H groups in total. The minimum Gasteiger partial charge on any atom is -0.487 e. The van der Waals surface area contributed by atoms with Crippen LogP contribution in [0.1, 0.15) is 10.4 Å². The molecule has 1 atom stereocenters. The van der Waals surface area contributed by atoms with Crippen molar-refractivity contribution < 1.29 is 9.53 Å². The monoisotopic (exact) mass is 307 g/mol. The summed E-state index contributed by atoms with van der Waals surface area (Å²) in [6.07, 6.45) is 2.20. The zero-order chi connectivity index (χ0) is 14.1. The van der Waals surface area contributed by atoms with Crippen LogP contribution >= 0.6 is 22.9 Å². The molecule has 3 rings (SSSR count). The fraction of sp³-hybridized carbons (Fsp3) is 0.267. The van der Waals surface area contributed by atoms with Crippen molar-refractivity contribution in [1.82, 2.24) is 0 Å². The summed E-state index contributed by atoms with van der Waals surface area (Å²) in [5, 5.41) is 0.624. The van der Waals surface area contributed by atoms with Crippen molar-refractivity contribution in [3.05, 3.63) is 39.7 Å². The number of aldehydes is 1. The number of halogens is 1. The van der Waals surface area contributed by atoms with E-state index in [1.54, 1.807) is 11.3 Å². The summed E-state index contributed by atoms with van der Waals surface area (Å²) in [6.45, 7) is 0.489. The van der Waals surface area contributed by atoms with Crippen molar-refractivity contribution in [1.29, 1.82) is 0 Å². The third kappa shape index (κ3) is 2.46. The average molecular weight is 308 g/mol. The largest absolute Gasteiger partial charge is 0.487 e. The zero-order valence-corrected chi connectivity index (χ0v) is 12.3. The number of thiophene rings is 1. The first kappa shape index (κ1) is 13.6. The predicted octanol–water partition coefficient (Wildman–Crippen LogP) is 3.07. The van der Waals surface area contributed by atoms with Gasteiger partial charge in [0.15, 0.2) is 0 Å². The van der Waals surface area contributed by atoms with E-state index in [2.05, 4.69) is 6.07 Å². The lowest BCUT2D eigenvalue weighted by Crippen LogP contribution is -2.24. The van der Waals surface area contributed by atoms with Crippen LogP contribution in [-0.4, -0.2) is 18.9 Å². The molecule has 1 aliphatic rings. The van der Waals surface area contributed by atoms with E-state index in [9.17, 15) is 4.79 Å². The third-order valence-corrected chi connectivity index (χ3v) is 4.78. The van der Waals surface area contributed by atoms with Gasteiger partial charge in [0.2, 0.25) is 0 Å². The number of hydrogen-bond acceptors (Lipinski definition) is 4. The molecule has 5 heteroatoms. The number of rotatable bonds is 4. The van der Waals surface area contributed by atoms with E-state index in [1.807, 2.05) is 18.2 Å². The van der Waals surface area contributed by atoms with Gasteiger partial charge < -0.3 is 15.3 Å². The van der Waals surface area contributed by atoms with Crippen LogP contribution in [-0.2, 0) is 17.6 Å². The van der Waals surface area contributed by atoms with Gasteiger partial charge in [0, 0.05) is 34.7 Å². The SMILES string of the molecule is NCC1Cc2cc(-c3ccc(CC=O)s3)cc(Cl)c2O1. The fourth-order valence-corrected chi connectivity index (χ4v) is 3.61. The first-order valence-corrected chi connectivity index (χ1v) is 7.62. The van der Waals surface area contributed by atoms with Gasteiger partial charge >= 0.3 is 0 Å². The van der Waals surface area contributed by atoms with Gasteiger partial charge in [-0.15, -0.1) is 11.3 Å². The van der Waals surface area contributed by atoms with Gasteiger partial charge in [0.1, 0.15) is 18.1 Å². The zero-order valence-electron chi connectivity index (χ0n) is 10.8. The van der Waals surface area contributed by atoms with E-state index in [0.717, 1.165) is 39.3 Å². The van der Waals surface area contributed by atoms with E-state index in [-0.39, 0.29) is 6.10 Å². The highest BCUT2D eigenvalue weighted by Crippen LogP contribution is 2.40. The maximum Gasteiger partial charge on any atom is 0.141 e. The van der Waals surface area contributed by atoms with Gasteiger partial charge in [-0.05, 0) is 29.8 Å². The smallest absolute Gasteiger partial charge is 0.141 e. The maximum absolute atomic E-state index is 10.6. The van der Waals surface area contributed by atoms with Crippen molar-refractivity contribution in [2.75, 3.05) is 6.54 Å². The molecule has 0 saturated heterocycles. The number of carbonyl (C=O) groups excluding carboxylic acids is 1. The molecule has 1 aromatic carbocycles. The number of nitrogens with two attached hydrogens (primary N) is 1. The Morgan fingerprint density at radius 3 is 3.05 bits per heavy atom. The Hall–Kier alpha value is -1.36. The number of fused-ring (bicyclic) bond motifs is 1. The van der Waals surface area contributed by atoms with Crippen LogP contribution in [0.3, 0.4) is 0 Å². The molecule has 3 nitrogen and oxygen atoms in total. The summed E-state index contributed by atoms with van der Waals surface area (Å²) < 4.78 is 5.72. The Kier molecular flexibility index (Phi) is 3.78. The second-order valence-electron chi connectivity index (χ2n) is 4.76. The van der Waals surface area contributed by atoms with Crippen molar-refractivity contribution in [2.24, 2.45) is 5.73 Å². The summed E-state index contributed by atoms with van der Waals surface area (Å²) in [5.41, 5.74) is 7.82. The Bertz CT molecular complexity index is 653. The molecular formula is C15H14ClNO2S. The molecule has 0 fully saturated rings. The highest BCUT2D eigenvalue weighted by molar-refractivity contribution is 7.15. The van der Waals surface area contributed by atoms with Crippen LogP contribution < -0.4 is 10.5 Å². The van der Waals surface area contributed by atoms with Crippen LogP contribution in [0.25, 0.3) is 10.4 Å². The van der Waals surface area contributed by atoms with Crippen LogP contribution in [0.15, 0.2) is 24.3 Å². The van der Waals surface area contributed by atoms with Crippen LogP contribution in [0, 0.1) is 0 Å². The van der Waals surface area contributed by atoms with E-state index in [4.69, 9.17) is 22.1 Å². The highest BCUT2D eigenvalue weighted by atomic mass is 35.5. The first-order chi connectivity index (χ1) is 9.71. The molecule has 0 aliphatic carbocycles. The molecule has 1 aromatic heterocycles. The minimum atomic E-state index is 0.0201. The van der Waals surface area contributed by atoms with Crippen LogP contribution in [0.2, 0.25) is 5.02 Å². The fourth-order valence-electron chi connectivity index (χ4n) is 2.39. The maximum atomic E-state index is 10.6. The van der Waals surface area contributed by atoms with Crippen molar-refractivity contribution in [2.45, 2.75) is 18.9 Å². The molecule has 0 amide bonds. The van der Waals surface area contributed by atoms with Crippen LogP contribution in [0.4, 0.5) is 0 Å². The van der Waals surface area contributed by atoms with Gasteiger partial charge in [0.05, 0.1) is 5.02 Å². The van der Waals surface area contributed by atoms with E-state index >= 15 is 0 Å². The molecule has 0 saturated carbocycles. The second kappa shape index (κ2) is 5.56. The quantitative estimate of drug-likeness (QED) is 0.883. The lowest BCUT2D eigenvalue weighted by Gasteiger charge is -2.07. The van der Waals surface area contributed by atoms with Crippen molar-refractivity contribution >= 4 is 29.2 Å². The van der Waals surface area contributed by atoms with Gasteiger partial charge in [0.25, 0.3) is 0 Å². The Labute approximate surface area is 126 Å². The molecule has 1 unspecified atom stereocenters. The molecule has 1 aliphatic heterocycles. The van der Waals surface area contributed by atoms with E-state index in [1.165, 1.54) is 0 Å². The molecule has 2 heterocycles. The molecular weight excluding hydrogens is 294 g/mol. The lowest BCUT2D eigenvalue weighted by atomic mass is 10.1. The Morgan fingerprint density at radius 2 is 2.30 bits per heavy atom. The summed E-state index contributed by atoms with van der Waals surface area (Å²) in [5.74, 6) is 0.760. The second-order valence-corrected chi connectivity index (χ2v) is 6.34. The molecule has 0 bridgehead atoms. The summed E-state index contributed by atoms with van der Waals surface area (Å²) in [6, 6.07) is 8.02. The highest BCUT2D eigenvalue weighted by Gasteiger charge is 2.25. The first-order valence-electron chi connectivity index (χ1n) is 6.43. The lowest BCUT2D eigenvalue weighted by molar-refractivity contribution is -0.107. The Balaban J connectivity index is 1.95. The molecule has 104 valence electrons. The molecule has 2 aromatic rings. The van der Waals surface area contributed by atoms with Gasteiger partial charge in [-0.2, -0.15) is 0 Å². The predicted molar refractivity (Wildman–Crippen MR) is 81.7 cm³/mol. The third-order valence-electron chi connectivity index (χ3n) is 3.35. The average Bonchev–Trinajstić information content (AvgIpc) is 3.05. The number of ether oxygens (including phenoxy) is 1. The number of hydrogen-bond donors (Lipinski definition) is 1. The topological polar surface area (TPSA) is 52.3 Å². The number of carbonyl (C=O) groups is 1. The molecule has 0 spiro atoms. The summed E-state index contributed by atoms with van der Waals surface area (Å²) in [7, 11) is 0.